The van der Waals surface area contributed by atoms with Gasteiger partial charge in [0, 0.05) is 5.56 Å². The van der Waals surface area contributed by atoms with Crippen molar-refractivity contribution < 1.29 is 23.8 Å². The number of nitrogens with zero attached hydrogens (tertiary/aromatic N) is 1. The Bertz CT molecular complexity index is 706. The van der Waals surface area contributed by atoms with Gasteiger partial charge in [-0.3, -0.25) is 0 Å². The van der Waals surface area contributed by atoms with Crippen LogP contribution >= 0.6 is 0 Å². The fourth-order valence-electron chi connectivity index (χ4n) is 2.17. The van der Waals surface area contributed by atoms with Gasteiger partial charge in [0.05, 0.1) is 31.6 Å². The largest absolute Gasteiger partial charge is 0.496 e. The summed E-state index contributed by atoms with van der Waals surface area (Å²) in [5, 5.41) is 0. The second-order valence-corrected chi connectivity index (χ2v) is 4.77. The van der Waals surface area contributed by atoms with Gasteiger partial charge in [0.25, 0.3) is 0 Å². The Kier molecular flexibility index (Phi) is 5.89. The first kappa shape index (κ1) is 17.5. The first-order valence-corrected chi connectivity index (χ1v) is 7.60. The lowest BCUT2D eigenvalue weighted by Crippen LogP contribution is -2.12. The number of pyridine rings is 1. The SMILES string of the molecule is CCOC(=O)c1cc(C(=O)OCC)nc(-c2ccccc2OC)c1. The lowest BCUT2D eigenvalue weighted by Gasteiger charge is -2.11. The molecule has 0 saturated heterocycles. The van der Waals surface area contributed by atoms with Crippen LogP contribution in [0.15, 0.2) is 36.4 Å². The molecular formula is C18H19NO5. The molecule has 24 heavy (non-hydrogen) atoms. The van der Waals surface area contributed by atoms with Crippen molar-refractivity contribution in [2.24, 2.45) is 0 Å². The molecule has 0 aliphatic heterocycles. The molecule has 0 amide bonds. The van der Waals surface area contributed by atoms with Gasteiger partial charge in [0.1, 0.15) is 11.4 Å². The number of hydrogen-bond donors (Lipinski definition) is 0. The molecule has 0 N–H and O–H groups in total. The van der Waals surface area contributed by atoms with Gasteiger partial charge in [0.2, 0.25) is 0 Å². The number of rotatable bonds is 6. The van der Waals surface area contributed by atoms with E-state index in [9.17, 15) is 9.59 Å². The number of methoxy groups -OCH3 is 1. The van der Waals surface area contributed by atoms with Crippen molar-refractivity contribution in [2.75, 3.05) is 20.3 Å². The molecule has 1 aromatic heterocycles. The van der Waals surface area contributed by atoms with E-state index in [0.29, 0.717) is 17.0 Å². The summed E-state index contributed by atoms with van der Waals surface area (Å²) >= 11 is 0. The van der Waals surface area contributed by atoms with Crippen LogP contribution in [0.25, 0.3) is 11.3 Å². The first-order chi connectivity index (χ1) is 11.6. The van der Waals surface area contributed by atoms with Crippen LogP contribution in [-0.2, 0) is 9.47 Å². The van der Waals surface area contributed by atoms with E-state index in [2.05, 4.69) is 4.98 Å². The average molecular weight is 329 g/mol. The van der Waals surface area contributed by atoms with Crippen molar-refractivity contribution in [3.05, 3.63) is 47.7 Å². The Morgan fingerprint density at radius 2 is 1.67 bits per heavy atom. The average Bonchev–Trinajstić information content (AvgIpc) is 2.61. The van der Waals surface area contributed by atoms with Gasteiger partial charge in [-0.05, 0) is 38.1 Å². The highest BCUT2D eigenvalue weighted by atomic mass is 16.5. The predicted octanol–water partition coefficient (Wildman–Crippen LogP) is 3.11. The third-order valence-corrected chi connectivity index (χ3v) is 3.20. The van der Waals surface area contributed by atoms with Crippen LogP contribution in [0.2, 0.25) is 0 Å². The molecule has 0 atom stereocenters. The Morgan fingerprint density at radius 1 is 1.00 bits per heavy atom. The summed E-state index contributed by atoms with van der Waals surface area (Å²) in [5.74, 6) is -0.540. The van der Waals surface area contributed by atoms with Crippen molar-refractivity contribution >= 4 is 11.9 Å². The molecule has 0 aliphatic carbocycles. The van der Waals surface area contributed by atoms with E-state index in [1.165, 1.54) is 6.07 Å². The lowest BCUT2D eigenvalue weighted by atomic mass is 10.1. The monoisotopic (exact) mass is 329 g/mol. The summed E-state index contributed by atoms with van der Waals surface area (Å²) in [7, 11) is 1.54. The molecule has 1 heterocycles. The molecule has 0 fully saturated rings. The summed E-state index contributed by atoms with van der Waals surface area (Å²) in [6.45, 7) is 3.87. The van der Waals surface area contributed by atoms with Gasteiger partial charge in [-0.25, -0.2) is 14.6 Å². The zero-order valence-electron chi connectivity index (χ0n) is 13.9. The molecule has 6 nitrogen and oxygen atoms in total. The summed E-state index contributed by atoms with van der Waals surface area (Å²) in [6, 6.07) is 10.2. The third kappa shape index (κ3) is 3.90. The molecule has 0 radical (unpaired) electrons. The molecule has 0 bridgehead atoms. The number of hydrogen-bond acceptors (Lipinski definition) is 6. The van der Waals surface area contributed by atoms with Crippen molar-refractivity contribution in [3.8, 4) is 17.0 Å². The highest BCUT2D eigenvalue weighted by molar-refractivity contribution is 5.95. The molecule has 0 saturated carbocycles. The smallest absolute Gasteiger partial charge is 0.356 e. The van der Waals surface area contributed by atoms with Crippen LogP contribution in [0.4, 0.5) is 0 Å². The second kappa shape index (κ2) is 8.10. The highest BCUT2D eigenvalue weighted by Gasteiger charge is 2.18. The highest BCUT2D eigenvalue weighted by Crippen LogP contribution is 2.29. The number of esters is 2. The Morgan fingerprint density at radius 3 is 2.33 bits per heavy atom. The van der Waals surface area contributed by atoms with Crippen LogP contribution in [-0.4, -0.2) is 37.2 Å². The van der Waals surface area contributed by atoms with Crippen LogP contribution in [0.5, 0.6) is 5.75 Å². The van der Waals surface area contributed by atoms with Gasteiger partial charge in [0.15, 0.2) is 0 Å². The Labute approximate surface area is 140 Å². The van der Waals surface area contributed by atoms with E-state index in [0.717, 1.165) is 0 Å². The number of aromatic nitrogens is 1. The maximum absolute atomic E-state index is 12.1. The normalized spacial score (nSPS) is 10.1. The van der Waals surface area contributed by atoms with Crippen LogP contribution in [0.1, 0.15) is 34.7 Å². The third-order valence-electron chi connectivity index (χ3n) is 3.20. The van der Waals surface area contributed by atoms with Gasteiger partial charge in [-0.2, -0.15) is 0 Å². The fraction of sp³-hybridized carbons (Fsp3) is 0.278. The first-order valence-electron chi connectivity index (χ1n) is 7.60. The maximum atomic E-state index is 12.1. The van der Waals surface area contributed by atoms with Gasteiger partial charge in [-0.1, -0.05) is 12.1 Å². The van der Waals surface area contributed by atoms with Crippen LogP contribution in [0.3, 0.4) is 0 Å². The minimum atomic E-state index is -0.597. The molecule has 0 aliphatic rings. The number of para-hydroxylation sites is 1. The van der Waals surface area contributed by atoms with E-state index in [1.54, 1.807) is 39.2 Å². The minimum Gasteiger partial charge on any atom is -0.496 e. The van der Waals surface area contributed by atoms with Gasteiger partial charge >= 0.3 is 11.9 Å². The standard InChI is InChI=1S/C18H19NO5/c1-4-23-17(20)12-10-14(13-8-6-7-9-16(13)22-3)19-15(11-12)18(21)24-5-2/h6-11H,4-5H2,1-3H3. The quantitative estimate of drug-likeness (QED) is 0.758. The predicted molar refractivity (Wildman–Crippen MR) is 88.1 cm³/mol. The fourth-order valence-corrected chi connectivity index (χ4v) is 2.17. The molecule has 126 valence electrons. The number of benzene rings is 1. The van der Waals surface area contributed by atoms with E-state index in [1.807, 2.05) is 12.1 Å². The van der Waals surface area contributed by atoms with Crippen LogP contribution < -0.4 is 4.74 Å². The molecule has 2 rings (SSSR count). The zero-order valence-corrected chi connectivity index (χ0v) is 13.9. The Hall–Kier alpha value is -2.89. The van der Waals surface area contributed by atoms with E-state index in [-0.39, 0.29) is 24.5 Å². The lowest BCUT2D eigenvalue weighted by molar-refractivity contribution is 0.0519. The molecular weight excluding hydrogens is 310 g/mol. The summed E-state index contributed by atoms with van der Waals surface area (Å²) in [5.41, 5.74) is 1.37. The van der Waals surface area contributed by atoms with Crippen molar-refractivity contribution in [2.45, 2.75) is 13.8 Å². The zero-order chi connectivity index (χ0) is 17.5. The van der Waals surface area contributed by atoms with Crippen LogP contribution in [0, 0.1) is 0 Å². The van der Waals surface area contributed by atoms with E-state index >= 15 is 0 Å². The molecule has 2 aromatic rings. The van der Waals surface area contributed by atoms with Gasteiger partial charge in [-0.15, -0.1) is 0 Å². The minimum absolute atomic E-state index is 0.0447. The number of carbonyl (C=O) groups excluding carboxylic acids is 2. The molecule has 1 aromatic carbocycles. The molecule has 6 heteroatoms. The summed E-state index contributed by atoms with van der Waals surface area (Å²) in [6.07, 6.45) is 0. The second-order valence-electron chi connectivity index (χ2n) is 4.77. The van der Waals surface area contributed by atoms with E-state index in [4.69, 9.17) is 14.2 Å². The van der Waals surface area contributed by atoms with Gasteiger partial charge < -0.3 is 14.2 Å². The van der Waals surface area contributed by atoms with E-state index < -0.39 is 11.9 Å². The topological polar surface area (TPSA) is 74.7 Å². The van der Waals surface area contributed by atoms with Crippen molar-refractivity contribution in [3.63, 3.8) is 0 Å². The number of ether oxygens (including phenoxy) is 3. The maximum Gasteiger partial charge on any atom is 0.356 e. The summed E-state index contributed by atoms with van der Waals surface area (Å²) in [4.78, 5) is 28.4. The summed E-state index contributed by atoms with van der Waals surface area (Å²) < 4.78 is 15.3. The van der Waals surface area contributed by atoms with Crippen molar-refractivity contribution in [1.82, 2.24) is 4.98 Å². The van der Waals surface area contributed by atoms with Crippen molar-refractivity contribution in [1.29, 1.82) is 0 Å². The Balaban J connectivity index is 2.57. The molecule has 0 spiro atoms. The number of carbonyl (C=O) groups is 2. The molecule has 0 unspecified atom stereocenters.